The van der Waals surface area contributed by atoms with Crippen molar-refractivity contribution in [1.82, 2.24) is 10.2 Å². The van der Waals surface area contributed by atoms with Crippen LogP contribution in [0.1, 0.15) is 15.9 Å². The Bertz CT molecular complexity index is 957. The summed E-state index contributed by atoms with van der Waals surface area (Å²) in [6.07, 6.45) is 0. The fourth-order valence-electron chi connectivity index (χ4n) is 2.15. The van der Waals surface area contributed by atoms with Gasteiger partial charge >= 0.3 is 0 Å². The molecule has 0 saturated carbocycles. The molecule has 0 aliphatic heterocycles. The summed E-state index contributed by atoms with van der Waals surface area (Å²) in [5, 5.41) is 2.47. The molecule has 0 atom stereocenters. The maximum atomic E-state index is 13.0. The number of benzene rings is 2. The molecule has 2 N–H and O–H groups in total. The number of hydrogen-bond donors (Lipinski definition) is 2. The average Bonchev–Trinajstić information content (AvgIpc) is 2.61. The monoisotopic (exact) mass is 393 g/mol. The van der Waals surface area contributed by atoms with E-state index in [4.69, 9.17) is 0 Å². The van der Waals surface area contributed by atoms with Gasteiger partial charge in [0.2, 0.25) is 5.91 Å². The summed E-state index contributed by atoms with van der Waals surface area (Å²) in [7, 11) is -0.844. The SMILES string of the molecule is Cc1ccc(S(=O)(=O)Nc2ccc(F)cc2)cc1C(=O)NCC(=O)N(C)C. The van der Waals surface area contributed by atoms with E-state index in [2.05, 4.69) is 10.0 Å². The van der Waals surface area contributed by atoms with Crippen molar-refractivity contribution in [1.29, 1.82) is 0 Å². The molecular weight excluding hydrogens is 373 g/mol. The summed E-state index contributed by atoms with van der Waals surface area (Å²) >= 11 is 0. The molecule has 2 rings (SSSR count). The highest BCUT2D eigenvalue weighted by Crippen LogP contribution is 2.19. The lowest BCUT2D eigenvalue weighted by molar-refractivity contribution is -0.127. The summed E-state index contributed by atoms with van der Waals surface area (Å²) in [6, 6.07) is 8.95. The van der Waals surface area contributed by atoms with Crippen LogP contribution in [0.5, 0.6) is 0 Å². The first-order valence-electron chi connectivity index (χ1n) is 7.97. The molecule has 0 fully saturated rings. The highest BCUT2D eigenvalue weighted by Gasteiger charge is 2.19. The molecule has 0 saturated heterocycles. The van der Waals surface area contributed by atoms with Crippen molar-refractivity contribution in [3.05, 3.63) is 59.4 Å². The second kappa shape index (κ2) is 8.17. The quantitative estimate of drug-likeness (QED) is 0.782. The Morgan fingerprint density at radius 2 is 1.70 bits per heavy atom. The van der Waals surface area contributed by atoms with Gasteiger partial charge < -0.3 is 10.2 Å². The van der Waals surface area contributed by atoms with E-state index in [0.717, 1.165) is 12.1 Å². The number of nitrogens with one attached hydrogen (secondary N) is 2. The molecule has 27 heavy (non-hydrogen) atoms. The van der Waals surface area contributed by atoms with Gasteiger partial charge in [0, 0.05) is 25.3 Å². The lowest BCUT2D eigenvalue weighted by atomic mass is 10.1. The van der Waals surface area contributed by atoms with Crippen LogP contribution in [0.3, 0.4) is 0 Å². The van der Waals surface area contributed by atoms with E-state index in [9.17, 15) is 22.4 Å². The Morgan fingerprint density at radius 1 is 1.07 bits per heavy atom. The van der Waals surface area contributed by atoms with Crippen LogP contribution in [0.25, 0.3) is 0 Å². The van der Waals surface area contributed by atoms with Crippen molar-refractivity contribution in [3.8, 4) is 0 Å². The molecule has 0 spiro atoms. The number of aryl methyl sites for hydroxylation is 1. The molecule has 0 bridgehead atoms. The zero-order valence-electron chi connectivity index (χ0n) is 15.1. The van der Waals surface area contributed by atoms with Crippen LogP contribution in [0.4, 0.5) is 10.1 Å². The smallest absolute Gasteiger partial charge is 0.261 e. The van der Waals surface area contributed by atoms with Crippen LogP contribution in [-0.2, 0) is 14.8 Å². The maximum absolute atomic E-state index is 13.0. The summed E-state index contributed by atoms with van der Waals surface area (Å²) in [4.78, 5) is 25.1. The summed E-state index contributed by atoms with van der Waals surface area (Å²) in [6.45, 7) is 1.46. The lowest BCUT2D eigenvalue weighted by Gasteiger charge is -2.13. The van der Waals surface area contributed by atoms with Crippen LogP contribution in [0.15, 0.2) is 47.4 Å². The fourth-order valence-corrected chi connectivity index (χ4v) is 3.24. The zero-order valence-corrected chi connectivity index (χ0v) is 15.9. The zero-order chi connectivity index (χ0) is 20.2. The highest BCUT2D eigenvalue weighted by molar-refractivity contribution is 7.92. The second-order valence-corrected chi connectivity index (χ2v) is 7.74. The summed E-state index contributed by atoms with van der Waals surface area (Å²) in [5.41, 5.74) is 0.897. The van der Waals surface area contributed by atoms with E-state index in [1.54, 1.807) is 21.0 Å². The minimum absolute atomic E-state index is 0.124. The van der Waals surface area contributed by atoms with Gasteiger partial charge in [0.1, 0.15) is 5.82 Å². The van der Waals surface area contributed by atoms with Crippen molar-refractivity contribution in [3.63, 3.8) is 0 Å². The molecule has 144 valence electrons. The number of likely N-dealkylation sites (N-methyl/N-ethyl adjacent to an activating group) is 1. The molecule has 0 radical (unpaired) electrons. The molecule has 0 unspecified atom stereocenters. The standard InChI is InChI=1S/C18H20FN3O4S/c1-12-4-9-15(10-16(12)18(24)20-11-17(23)22(2)3)27(25,26)21-14-7-5-13(19)6-8-14/h4-10,21H,11H2,1-3H3,(H,20,24). The number of rotatable bonds is 6. The van der Waals surface area contributed by atoms with Gasteiger partial charge in [0.05, 0.1) is 11.4 Å². The van der Waals surface area contributed by atoms with Crippen molar-refractivity contribution in [2.24, 2.45) is 0 Å². The topological polar surface area (TPSA) is 95.6 Å². The molecule has 0 heterocycles. The van der Waals surface area contributed by atoms with Gasteiger partial charge in [0.25, 0.3) is 15.9 Å². The van der Waals surface area contributed by atoms with Gasteiger partial charge in [-0.05, 0) is 48.9 Å². The number of anilines is 1. The third-order valence-electron chi connectivity index (χ3n) is 3.76. The lowest BCUT2D eigenvalue weighted by Crippen LogP contribution is -2.36. The first-order chi connectivity index (χ1) is 12.6. The van der Waals surface area contributed by atoms with E-state index in [-0.39, 0.29) is 28.6 Å². The van der Waals surface area contributed by atoms with Crippen molar-refractivity contribution >= 4 is 27.5 Å². The van der Waals surface area contributed by atoms with Crippen LogP contribution in [0, 0.1) is 12.7 Å². The van der Waals surface area contributed by atoms with Gasteiger partial charge in [-0.2, -0.15) is 0 Å². The number of hydrogen-bond acceptors (Lipinski definition) is 4. The molecule has 2 aromatic rings. The Hall–Kier alpha value is -2.94. The van der Waals surface area contributed by atoms with Gasteiger partial charge in [0.15, 0.2) is 0 Å². The normalized spacial score (nSPS) is 11.0. The van der Waals surface area contributed by atoms with Crippen LogP contribution in [-0.4, -0.2) is 45.8 Å². The number of carbonyl (C=O) groups is 2. The number of nitrogens with zero attached hydrogens (tertiary/aromatic N) is 1. The molecule has 9 heteroatoms. The number of sulfonamides is 1. The fraction of sp³-hybridized carbons (Fsp3) is 0.222. The average molecular weight is 393 g/mol. The van der Waals surface area contributed by atoms with Crippen LogP contribution < -0.4 is 10.0 Å². The Kier molecular flexibility index (Phi) is 6.17. The van der Waals surface area contributed by atoms with E-state index in [1.165, 1.54) is 35.2 Å². The molecule has 0 aromatic heterocycles. The minimum atomic E-state index is -3.97. The van der Waals surface area contributed by atoms with Gasteiger partial charge in [-0.1, -0.05) is 6.07 Å². The molecule has 2 aromatic carbocycles. The third-order valence-corrected chi connectivity index (χ3v) is 5.14. The number of carbonyl (C=O) groups excluding carboxylic acids is 2. The molecule has 0 aliphatic carbocycles. The van der Waals surface area contributed by atoms with E-state index in [0.29, 0.717) is 5.56 Å². The Balaban J connectivity index is 2.23. The molecule has 7 nitrogen and oxygen atoms in total. The minimum Gasteiger partial charge on any atom is -0.347 e. The number of amides is 2. The predicted molar refractivity (Wildman–Crippen MR) is 99.4 cm³/mol. The molecule has 0 aliphatic rings. The summed E-state index contributed by atoms with van der Waals surface area (Å²) in [5.74, 6) is -1.33. The van der Waals surface area contributed by atoms with E-state index in [1.807, 2.05) is 0 Å². The Morgan fingerprint density at radius 3 is 2.30 bits per heavy atom. The van der Waals surface area contributed by atoms with Gasteiger partial charge in [-0.25, -0.2) is 12.8 Å². The maximum Gasteiger partial charge on any atom is 0.261 e. The highest BCUT2D eigenvalue weighted by atomic mass is 32.2. The van der Waals surface area contributed by atoms with Crippen molar-refractivity contribution in [2.75, 3.05) is 25.4 Å². The number of halogens is 1. The largest absolute Gasteiger partial charge is 0.347 e. The summed E-state index contributed by atoms with van der Waals surface area (Å²) < 4.78 is 40.3. The van der Waals surface area contributed by atoms with Crippen molar-refractivity contribution < 1.29 is 22.4 Å². The third kappa shape index (κ3) is 5.27. The second-order valence-electron chi connectivity index (χ2n) is 6.06. The Labute approximate surface area is 157 Å². The van der Waals surface area contributed by atoms with Crippen LogP contribution in [0.2, 0.25) is 0 Å². The van der Waals surface area contributed by atoms with Crippen LogP contribution >= 0.6 is 0 Å². The molecular formula is C18H20FN3O4S. The van der Waals surface area contributed by atoms with Gasteiger partial charge in [-0.3, -0.25) is 14.3 Å². The first-order valence-corrected chi connectivity index (χ1v) is 9.46. The van der Waals surface area contributed by atoms with E-state index >= 15 is 0 Å². The first kappa shape index (κ1) is 20.4. The van der Waals surface area contributed by atoms with Gasteiger partial charge in [-0.15, -0.1) is 0 Å². The molecule has 2 amide bonds. The van der Waals surface area contributed by atoms with E-state index < -0.39 is 21.7 Å². The predicted octanol–water partition coefficient (Wildman–Crippen LogP) is 1.75. The van der Waals surface area contributed by atoms with Crippen molar-refractivity contribution in [2.45, 2.75) is 11.8 Å².